The number of rotatable bonds is 9. The second-order valence-corrected chi connectivity index (χ2v) is 4.85. The topological polar surface area (TPSA) is 55.4 Å². The predicted molar refractivity (Wildman–Crippen MR) is 82.8 cm³/mol. The Morgan fingerprint density at radius 1 is 1.33 bits per heavy atom. The van der Waals surface area contributed by atoms with E-state index in [0.29, 0.717) is 19.3 Å². The molecule has 21 heavy (non-hydrogen) atoms. The molecule has 1 aromatic rings. The van der Waals surface area contributed by atoms with Crippen molar-refractivity contribution < 1.29 is 14.3 Å². The molecule has 1 aromatic carbocycles. The minimum absolute atomic E-state index is 0.132. The average Bonchev–Trinajstić information content (AvgIpc) is 2.52. The summed E-state index contributed by atoms with van der Waals surface area (Å²) in [5.41, 5.74) is 1.11. The van der Waals surface area contributed by atoms with E-state index in [1.807, 2.05) is 30.3 Å². The lowest BCUT2D eigenvalue weighted by Gasteiger charge is -2.16. The number of unbranched alkanes of at least 4 members (excludes halogenated alkanes) is 1. The molecular weight excluding hydrogens is 266 g/mol. The van der Waals surface area contributed by atoms with Gasteiger partial charge < -0.3 is 10.1 Å². The monoisotopic (exact) mass is 289 g/mol. The summed E-state index contributed by atoms with van der Waals surface area (Å²) < 4.78 is 4.73. The molecule has 0 fully saturated rings. The van der Waals surface area contributed by atoms with Crippen molar-refractivity contribution in [2.75, 3.05) is 7.11 Å². The second-order valence-electron chi connectivity index (χ2n) is 4.85. The number of ether oxygens (including phenoxy) is 1. The van der Waals surface area contributed by atoms with Crippen LogP contribution in [0, 0.1) is 0 Å². The number of benzene rings is 1. The van der Waals surface area contributed by atoms with Gasteiger partial charge in [0.25, 0.3) is 0 Å². The lowest BCUT2D eigenvalue weighted by molar-refractivity contribution is -0.145. The van der Waals surface area contributed by atoms with Crippen LogP contribution in [0.4, 0.5) is 0 Å². The van der Waals surface area contributed by atoms with E-state index < -0.39 is 12.0 Å². The van der Waals surface area contributed by atoms with Gasteiger partial charge in [0.1, 0.15) is 6.04 Å². The quantitative estimate of drug-likeness (QED) is 0.432. The highest BCUT2D eigenvalue weighted by Crippen LogP contribution is 2.06. The minimum atomic E-state index is -0.571. The fourth-order valence-electron chi connectivity index (χ4n) is 2.03. The van der Waals surface area contributed by atoms with Crippen LogP contribution in [-0.2, 0) is 20.7 Å². The number of allylic oxidation sites excluding steroid dienone is 1. The van der Waals surface area contributed by atoms with Crippen molar-refractivity contribution in [2.24, 2.45) is 0 Å². The maximum absolute atomic E-state index is 11.9. The number of nitrogens with one attached hydrogen (secondary N) is 1. The Morgan fingerprint density at radius 3 is 2.67 bits per heavy atom. The van der Waals surface area contributed by atoms with E-state index in [1.165, 1.54) is 7.11 Å². The van der Waals surface area contributed by atoms with Gasteiger partial charge in [-0.25, -0.2) is 4.79 Å². The van der Waals surface area contributed by atoms with Gasteiger partial charge in [0.2, 0.25) is 5.91 Å². The Bertz CT molecular complexity index is 456. The molecule has 1 N–H and O–H groups in total. The molecule has 0 radical (unpaired) electrons. The summed E-state index contributed by atoms with van der Waals surface area (Å²) in [6.45, 7) is 3.64. The summed E-state index contributed by atoms with van der Waals surface area (Å²) in [7, 11) is 1.33. The maximum Gasteiger partial charge on any atom is 0.328 e. The summed E-state index contributed by atoms with van der Waals surface area (Å²) in [6, 6.07) is 9.22. The van der Waals surface area contributed by atoms with Crippen LogP contribution in [0.5, 0.6) is 0 Å². The second kappa shape index (κ2) is 9.75. The van der Waals surface area contributed by atoms with Crippen LogP contribution in [-0.4, -0.2) is 25.0 Å². The molecule has 1 rings (SSSR count). The van der Waals surface area contributed by atoms with Crippen molar-refractivity contribution in [3.63, 3.8) is 0 Å². The number of hydrogen-bond acceptors (Lipinski definition) is 3. The first-order valence-corrected chi connectivity index (χ1v) is 7.19. The zero-order valence-corrected chi connectivity index (χ0v) is 12.5. The Labute approximate surface area is 126 Å². The molecule has 0 saturated heterocycles. The smallest absolute Gasteiger partial charge is 0.328 e. The van der Waals surface area contributed by atoms with Gasteiger partial charge in [-0.1, -0.05) is 36.4 Å². The lowest BCUT2D eigenvalue weighted by atomic mass is 10.1. The number of amides is 1. The van der Waals surface area contributed by atoms with Crippen molar-refractivity contribution in [2.45, 2.75) is 38.1 Å². The molecule has 4 heteroatoms. The summed E-state index contributed by atoms with van der Waals surface area (Å²) in [6.07, 6.45) is 4.99. The molecule has 0 heterocycles. The number of carbonyl (C=O) groups excluding carboxylic acids is 2. The Morgan fingerprint density at radius 2 is 2.05 bits per heavy atom. The Hall–Kier alpha value is -2.10. The van der Waals surface area contributed by atoms with Crippen LogP contribution in [0.2, 0.25) is 0 Å². The van der Waals surface area contributed by atoms with Crippen molar-refractivity contribution in [3.8, 4) is 0 Å². The first-order chi connectivity index (χ1) is 10.2. The van der Waals surface area contributed by atoms with E-state index in [-0.39, 0.29) is 5.91 Å². The molecule has 0 spiro atoms. The number of hydrogen-bond donors (Lipinski definition) is 1. The predicted octanol–water partition coefficient (Wildman–Crippen LogP) is 2.63. The van der Waals surface area contributed by atoms with Crippen molar-refractivity contribution in [1.82, 2.24) is 5.32 Å². The van der Waals surface area contributed by atoms with E-state index in [1.54, 1.807) is 6.08 Å². The van der Waals surface area contributed by atoms with Gasteiger partial charge in [-0.3, -0.25) is 4.79 Å². The van der Waals surface area contributed by atoms with Gasteiger partial charge >= 0.3 is 5.97 Å². The van der Waals surface area contributed by atoms with Gasteiger partial charge in [0.15, 0.2) is 0 Å². The Kier molecular flexibility index (Phi) is 7.87. The number of aryl methyl sites for hydroxylation is 1. The molecule has 0 aliphatic rings. The van der Waals surface area contributed by atoms with Gasteiger partial charge in [-0.15, -0.1) is 6.58 Å². The third-order valence-electron chi connectivity index (χ3n) is 3.21. The number of methoxy groups -OCH3 is 1. The summed E-state index contributed by atoms with van der Waals surface area (Å²) in [5.74, 6) is -0.528. The average molecular weight is 289 g/mol. The molecule has 0 aliphatic heterocycles. The van der Waals surface area contributed by atoms with Crippen LogP contribution in [0.3, 0.4) is 0 Å². The van der Waals surface area contributed by atoms with Crippen LogP contribution in [0.15, 0.2) is 43.0 Å². The summed E-state index contributed by atoms with van der Waals surface area (Å²) in [4.78, 5) is 23.6. The van der Waals surface area contributed by atoms with Crippen molar-refractivity contribution in [1.29, 1.82) is 0 Å². The highest BCUT2D eigenvalue weighted by Gasteiger charge is 2.20. The third kappa shape index (κ3) is 6.75. The minimum Gasteiger partial charge on any atom is -0.467 e. The van der Waals surface area contributed by atoms with E-state index in [2.05, 4.69) is 11.9 Å². The molecule has 0 aromatic heterocycles. The molecule has 1 amide bonds. The van der Waals surface area contributed by atoms with Gasteiger partial charge in [0, 0.05) is 6.42 Å². The normalized spacial score (nSPS) is 11.5. The van der Waals surface area contributed by atoms with E-state index in [4.69, 9.17) is 4.74 Å². The lowest BCUT2D eigenvalue weighted by Crippen LogP contribution is -2.41. The molecule has 114 valence electrons. The highest BCUT2D eigenvalue weighted by atomic mass is 16.5. The summed E-state index contributed by atoms with van der Waals surface area (Å²) >= 11 is 0. The van der Waals surface area contributed by atoms with Gasteiger partial charge in [-0.2, -0.15) is 0 Å². The number of carbonyl (C=O) groups is 2. The highest BCUT2D eigenvalue weighted by molar-refractivity contribution is 5.84. The zero-order chi connectivity index (χ0) is 15.5. The first kappa shape index (κ1) is 17.0. The molecule has 1 atom stereocenters. The SMILES string of the molecule is C=CCCC[C@H](NC(=O)CCc1ccccc1)C(=O)OC. The van der Waals surface area contributed by atoms with E-state index in [9.17, 15) is 9.59 Å². The molecule has 0 aliphatic carbocycles. The van der Waals surface area contributed by atoms with Crippen LogP contribution in [0.25, 0.3) is 0 Å². The molecule has 0 unspecified atom stereocenters. The van der Waals surface area contributed by atoms with Gasteiger partial charge in [-0.05, 0) is 31.2 Å². The third-order valence-corrected chi connectivity index (χ3v) is 3.21. The van der Waals surface area contributed by atoms with Crippen LogP contribution >= 0.6 is 0 Å². The summed E-state index contributed by atoms with van der Waals surface area (Å²) in [5, 5.41) is 2.75. The number of esters is 1. The van der Waals surface area contributed by atoms with Crippen LogP contribution < -0.4 is 5.32 Å². The molecule has 4 nitrogen and oxygen atoms in total. The largest absolute Gasteiger partial charge is 0.467 e. The zero-order valence-electron chi connectivity index (χ0n) is 12.5. The fraction of sp³-hybridized carbons (Fsp3) is 0.412. The van der Waals surface area contributed by atoms with E-state index in [0.717, 1.165) is 18.4 Å². The Balaban J connectivity index is 2.43. The van der Waals surface area contributed by atoms with Crippen LogP contribution in [0.1, 0.15) is 31.2 Å². The fourth-order valence-corrected chi connectivity index (χ4v) is 2.03. The molecular formula is C17H23NO3. The molecule has 0 saturated carbocycles. The standard InChI is InChI=1S/C17H23NO3/c1-3-4-6-11-15(17(20)21-2)18-16(19)13-12-14-9-7-5-8-10-14/h3,5,7-10,15H,1,4,6,11-13H2,2H3,(H,18,19)/t15-/m0/s1. The van der Waals surface area contributed by atoms with Crippen molar-refractivity contribution in [3.05, 3.63) is 48.6 Å². The van der Waals surface area contributed by atoms with Crippen molar-refractivity contribution >= 4 is 11.9 Å². The molecule has 0 bridgehead atoms. The van der Waals surface area contributed by atoms with Gasteiger partial charge in [0.05, 0.1) is 7.11 Å². The maximum atomic E-state index is 11.9. The van der Waals surface area contributed by atoms with E-state index >= 15 is 0 Å². The first-order valence-electron chi connectivity index (χ1n) is 7.19.